The molecule has 1 aromatic carbocycles. The molecule has 1 saturated heterocycles. The second kappa shape index (κ2) is 4.55. The Hall–Kier alpha value is -1.08. The van der Waals surface area contributed by atoms with Crippen molar-refractivity contribution >= 4 is 19.7 Å². The van der Waals surface area contributed by atoms with Crippen LogP contribution in [0, 0.1) is 0 Å². The first kappa shape index (κ1) is 13.4. The normalized spacial score (nSPS) is 22.5. The first-order valence-corrected chi connectivity index (χ1v) is 8.87. The molecule has 0 unspecified atom stereocenters. The van der Waals surface area contributed by atoms with E-state index >= 15 is 0 Å². The molecule has 100 valence electrons. The highest BCUT2D eigenvalue weighted by Crippen LogP contribution is 2.34. The molecule has 1 fully saturated rings. The summed E-state index contributed by atoms with van der Waals surface area (Å²) in [5, 5.41) is 0. The van der Waals surface area contributed by atoms with Gasteiger partial charge in [0, 0.05) is 0 Å². The number of benzene rings is 1. The Labute approximate surface area is 107 Å². The smallest absolute Gasteiger partial charge is 0.187 e. The summed E-state index contributed by atoms with van der Waals surface area (Å²) >= 11 is 0. The molecule has 0 amide bonds. The van der Waals surface area contributed by atoms with E-state index in [4.69, 9.17) is 4.74 Å². The molecule has 1 aliphatic rings. The van der Waals surface area contributed by atoms with Crippen LogP contribution >= 0.6 is 0 Å². The number of methoxy groups -OCH3 is 1. The lowest BCUT2D eigenvalue weighted by Crippen LogP contribution is -2.32. The molecule has 0 aliphatic carbocycles. The molecular weight excluding hydrogens is 276 g/mol. The van der Waals surface area contributed by atoms with Gasteiger partial charge in [-0.15, -0.1) is 0 Å². The minimum absolute atomic E-state index is 0.0804. The van der Waals surface area contributed by atoms with Gasteiger partial charge in [-0.2, -0.15) is 0 Å². The average Bonchev–Trinajstić information content (AvgIpc) is 2.27. The van der Waals surface area contributed by atoms with Gasteiger partial charge in [0.15, 0.2) is 24.3 Å². The van der Waals surface area contributed by atoms with Crippen molar-refractivity contribution in [1.82, 2.24) is 0 Å². The average molecular weight is 290 g/mol. The Morgan fingerprint density at radius 3 is 1.94 bits per heavy atom. The molecule has 18 heavy (non-hydrogen) atoms. The third-order valence-electron chi connectivity index (χ3n) is 2.90. The van der Waals surface area contributed by atoms with E-state index < -0.39 is 24.3 Å². The van der Waals surface area contributed by atoms with Crippen molar-refractivity contribution in [3.05, 3.63) is 29.8 Å². The van der Waals surface area contributed by atoms with Gasteiger partial charge in [-0.1, -0.05) is 12.1 Å². The molecule has 2 rings (SSSR count). The number of sulfone groups is 2. The first-order valence-electron chi connectivity index (χ1n) is 5.44. The monoisotopic (exact) mass is 290 g/mol. The molecule has 0 N–H and O–H groups in total. The van der Waals surface area contributed by atoms with Crippen molar-refractivity contribution < 1.29 is 21.6 Å². The van der Waals surface area contributed by atoms with Gasteiger partial charge in [0.05, 0.1) is 18.6 Å². The van der Waals surface area contributed by atoms with Crippen LogP contribution in [0.5, 0.6) is 5.75 Å². The van der Waals surface area contributed by atoms with E-state index in [0.29, 0.717) is 5.75 Å². The fraction of sp³-hybridized carbons (Fsp3) is 0.455. The standard InChI is InChI=1S/C11H14O5S2/c1-16-10-5-3-9(4-6-10)11-17(12,13)7-2-8-18(11,14)15/h3-6,11H,2,7-8H2,1H3. The third-order valence-corrected chi connectivity index (χ3v) is 8.22. The lowest BCUT2D eigenvalue weighted by Gasteiger charge is -2.23. The Morgan fingerprint density at radius 2 is 1.50 bits per heavy atom. The summed E-state index contributed by atoms with van der Waals surface area (Å²) in [5.74, 6) is 0.399. The van der Waals surface area contributed by atoms with E-state index in [1.807, 2.05) is 0 Å². The Balaban J connectivity index is 2.51. The summed E-state index contributed by atoms with van der Waals surface area (Å²) in [6.45, 7) is 0. The van der Waals surface area contributed by atoms with Crippen LogP contribution < -0.4 is 4.74 Å². The molecule has 0 atom stereocenters. The molecule has 0 aromatic heterocycles. The molecule has 0 radical (unpaired) electrons. The number of rotatable bonds is 2. The summed E-state index contributed by atoms with van der Waals surface area (Å²) in [4.78, 5) is 0. The van der Waals surface area contributed by atoms with Crippen molar-refractivity contribution in [2.75, 3.05) is 18.6 Å². The third kappa shape index (κ3) is 2.37. The van der Waals surface area contributed by atoms with Gasteiger partial charge >= 0.3 is 0 Å². The summed E-state index contributed by atoms with van der Waals surface area (Å²) in [7, 11) is -5.78. The van der Waals surface area contributed by atoms with Crippen LogP contribution in [0.15, 0.2) is 24.3 Å². The Bertz CT molecular complexity index is 595. The number of ether oxygens (including phenoxy) is 1. The highest BCUT2D eigenvalue weighted by Gasteiger charge is 2.42. The number of hydrogen-bond donors (Lipinski definition) is 0. The summed E-state index contributed by atoms with van der Waals surface area (Å²) in [6.07, 6.45) is 0.178. The quantitative estimate of drug-likeness (QED) is 0.809. The molecule has 5 nitrogen and oxygen atoms in total. The van der Waals surface area contributed by atoms with Gasteiger partial charge in [-0.05, 0) is 24.1 Å². The van der Waals surface area contributed by atoms with Crippen LogP contribution in [0.1, 0.15) is 16.6 Å². The van der Waals surface area contributed by atoms with Gasteiger partial charge in [-0.25, -0.2) is 16.8 Å². The van der Waals surface area contributed by atoms with E-state index in [1.165, 1.54) is 19.2 Å². The lowest BCUT2D eigenvalue weighted by molar-refractivity contribution is 0.414. The van der Waals surface area contributed by atoms with Crippen LogP contribution in [-0.4, -0.2) is 35.5 Å². The van der Waals surface area contributed by atoms with Crippen LogP contribution in [0.25, 0.3) is 0 Å². The van der Waals surface area contributed by atoms with E-state index in [2.05, 4.69) is 0 Å². The molecule has 0 saturated carbocycles. The predicted octanol–water partition coefficient (Wildman–Crippen LogP) is 0.927. The second-order valence-electron chi connectivity index (χ2n) is 4.19. The summed E-state index contributed by atoms with van der Waals surface area (Å²) in [5.41, 5.74) is 0.288. The topological polar surface area (TPSA) is 77.5 Å². The van der Waals surface area contributed by atoms with Gasteiger partial charge in [0.25, 0.3) is 0 Å². The van der Waals surface area contributed by atoms with Crippen molar-refractivity contribution in [2.45, 2.75) is 11.0 Å². The molecule has 1 aliphatic heterocycles. The minimum atomic E-state index is -3.63. The molecule has 0 bridgehead atoms. The van der Waals surface area contributed by atoms with E-state index in [1.54, 1.807) is 12.1 Å². The molecular formula is C11H14O5S2. The highest BCUT2D eigenvalue weighted by atomic mass is 32.3. The van der Waals surface area contributed by atoms with Crippen molar-refractivity contribution in [3.63, 3.8) is 0 Å². The van der Waals surface area contributed by atoms with E-state index in [-0.39, 0.29) is 23.5 Å². The van der Waals surface area contributed by atoms with Crippen LogP contribution in [0.3, 0.4) is 0 Å². The maximum absolute atomic E-state index is 11.9. The zero-order valence-electron chi connectivity index (χ0n) is 9.87. The van der Waals surface area contributed by atoms with E-state index in [0.717, 1.165) is 0 Å². The molecule has 7 heteroatoms. The van der Waals surface area contributed by atoms with Crippen LogP contribution in [-0.2, 0) is 19.7 Å². The van der Waals surface area contributed by atoms with Crippen molar-refractivity contribution in [2.24, 2.45) is 0 Å². The van der Waals surface area contributed by atoms with Crippen molar-refractivity contribution in [3.8, 4) is 5.75 Å². The van der Waals surface area contributed by atoms with Crippen molar-refractivity contribution in [1.29, 1.82) is 0 Å². The van der Waals surface area contributed by atoms with Gasteiger partial charge < -0.3 is 4.74 Å². The van der Waals surface area contributed by atoms with E-state index in [9.17, 15) is 16.8 Å². The van der Waals surface area contributed by atoms with Gasteiger partial charge in [0.2, 0.25) is 0 Å². The zero-order chi connectivity index (χ0) is 13.4. The SMILES string of the molecule is COc1ccc(C2S(=O)(=O)CCCS2(=O)=O)cc1. The first-order chi connectivity index (χ1) is 8.37. The maximum Gasteiger partial charge on any atom is 0.187 e. The maximum atomic E-state index is 11.9. The zero-order valence-corrected chi connectivity index (χ0v) is 11.5. The summed E-state index contributed by atoms with van der Waals surface area (Å²) in [6, 6.07) is 6.11. The fourth-order valence-electron chi connectivity index (χ4n) is 2.07. The summed E-state index contributed by atoms with van der Waals surface area (Å²) < 4.78 is 51.3. The Kier molecular flexibility index (Phi) is 3.37. The highest BCUT2D eigenvalue weighted by molar-refractivity contribution is 8.09. The van der Waals surface area contributed by atoms with Gasteiger partial charge in [-0.3, -0.25) is 0 Å². The largest absolute Gasteiger partial charge is 0.497 e. The van der Waals surface area contributed by atoms with Crippen LogP contribution in [0.2, 0.25) is 0 Å². The second-order valence-corrected chi connectivity index (χ2v) is 8.90. The number of hydrogen-bond acceptors (Lipinski definition) is 5. The minimum Gasteiger partial charge on any atom is -0.497 e. The Morgan fingerprint density at radius 1 is 1.00 bits per heavy atom. The molecule has 0 spiro atoms. The molecule has 1 aromatic rings. The van der Waals surface area contributed by atoms with Gasteiger partial charge in [0.1, 0.15) is 5.75 Å². The fourth-order valence-corrected chi connectivity index (χ4v) is 7.29. The molecule has 1 heterocycles. The van der Waals surface area contributed by atoms with Crippen LogP contribution in [0.4, 0.5) is 0 Å². The lowest BCUT2D eigenvalue weighted by atomic mass is 10.2. The predicted molar refractivity (Wildman–Crippen MR) is 67.9 cm³/mol.